The molecule has 8 atom stereocenters. The van der Waals surface area contributed by atoms with Crippen molar-refractivity contribution in [1.82, 2.24) is 9.36 Å². The summed E-state index contributed by atoms with van der Waals surface area (Å²) in [7, 11) is 1.99. The SMILES string of the molecule is CC(C)C1=C2[C@H]3CC[C@@H]4[C@@]5(C)CC[C@H](OC(=O)CC(C)(C)C(=O)O)C(C)(C)[C@@H]5CC[C@@]4(C)[C@]3(C)CC[C@@]2(c2cc(=O)n(Cc3ccc(Cl)cc3)n2C)CC1=O. The van der Waals surface area contributed by atoms with Crippen LogP contribution in [0.3, 0.4) is 0 Å². The number of ether oxygens (including phenoxy) is 1. The Bertz CT molecular complexity index is 2000. The van der Waals surface area contributed by atoms with Crippen molar-refractivity contribution in [1.29, 1.82) is 0 Å². The largest absolute Gasteiger partial charge is 0.481 e. The summed E-state index contributed by atoms with van der Waals surface area (Å²) in [6, 6.07) is 9.46. The lowest BCUT2D eigenvalue weighted by Gasteiger charge is -2.72. The number of aliphatic carboxylic acids is 1. The summed E-state index contributed by atoms with van der Waals surface area (Å²) >= 11 is 6.17. The van der Waals surface area contributed by atoms with Gasteiger partial charge in [0.15, 0.2) is 5.78 Å². The maximum Gasteiger partial charge on any atom is 0.309 e. The Hall–Kier alpha value is -3.13. The van der Waals surface area contributed by atoms with E-state index in [2.05, 4.69) is 48.5 Å². The Balaban J connectivity index is 1.22. The highest BCUT2D eigenvalue weighted by Crippen LogP contribution is 2.76. The zero-order chi connectivity index (χ0) is 40.3. The molecule has 0 amide bonds. The van der Waals surface area contributed by atoms with E-state index in [-0.39, 0.29) is 57.4 Å². The van der Waals surface area contributed by atoms with E-state index in [0.717, 1.165) is 68.2 Å². The Morgan fingerprint density at radius 3 is 2.24 bits per heavy atom. The molecular formula is C46H63ClN2O6. The van der Waals surface area contributed by atoms with E-state index in [1.54, 1.807) is 18.5 Å². The number of esters is 1. The number of carbonyl (C=O) groups is 3. The topological polar surface area (TPSA) is 108 Å². The van der Waals surface area contributed by atoms with E-state index >= 15 is 0 Å². The van der Waals surface area contributed by atoms with Gasteiger partial charge in [-0.2, -0.15) is 0 Å². The second-order valence-electron chi connectivity index (χ2n) is 20.6. The molecule has 9 heteroatoms. The van der Waals surface area contributed by atoms with Crippen molar-refractivity contribution in [2.24, 2.45) is 57.8 Å². The number of allylic oxidation sites excluding steroid dienone is 2. The number of halogens is 1. The highest BCUT2D eigenvalue weighted by atomic mass is 35.5. The quantitative estimate of drug-likeness (QED) is 0.268. The monoisotopic (exact) mass is 774 g/mol. The average Bonchev–Trinajstić information content (AvgIpc) is 3.55. The highest BCUT2D eigenvalue weighted by molar-refractivity contribution is 6.30. The third kappa shape index (κ3) is 5.87. The standard InChI is InChI=1S/C46H63ClN2O6/c1-27(2)38-31(50)24-46(34-23-36(51)49(48(34)10)26-28-11-13-29(47)14-12-28)22-21-44(8)30(39(38)46)15-16-33-43(7)19-18-35(55-37(52)25-41(3,4)40(53)54)42(5,6)32(43)17-20-45(33,44)9/h11-14,23,27,30,32-33,35H,15-22,24-26H2,1-10H3,(H,53,54)/t30-,32+,33-,35+,43+,44-,45-,46+/m1/s1. The summed E-state index contributed by atoms with van der Waals surface area (Å²) in [5, 5.41) is 10.3. The van der Waals surface area contributed by atoms with Crippen LogP contribution in [0.2, 0.25) is 5.02 Å². The van der Waals surface area contributed by atoms with E-state index in [1.807, 2.05) is 42.1 Å². The van der Waals surface area contributed by atoms with Gasteiger partial charge in [-0.25, -0.2) is 4.68 Å². The number of nitrogens with zero attached hydrogens (tertiary/aromatic N) is 2. The smallest absolute Gasteiger partial charge is 0.309 e. The summed E-state index contributed by atoms with van der Waals surface area (Å²) < 4.78 is 10.0. The molecule has 4 saturated carbocycles. The molecule has 300 valence electrons. The molecule has 0 radical (unpaired) electrons. The molecule has 0 saturated heterocycles. The number of hydrogen-bond donors (Lipinski definition) is 1. The second kappa shape index (κ2) is 13.2. The van der Waals surface area contributed by atoms with Gasteiger partial charge in [0.2, 0.25) is 0 Å². The Morgan fingerprint density at radius 1 is 0.927 bits per heavy atom. The van der Waals surface area contributed by atoms with Crippen LogP contribution in [0.25, 0.3) is 0 Å². The van der Waals surface area contributed by atoms with Crippen LogP contribution in [-0.4, -0.2) is 38.3 Å². The number of hydrogen-bond acceptors (Lipinski definition) is 5. The first kappa shape index (κ1) is 40.1. The number of ketones is 1. The van der Waals surface area contributed by atoms with Gasteiger partial charge < -0.3 is 9.84 Å². The lowest BCUT2D eigenvalue weighted by atomic mass is 9.33. The molecule has 1 N–H and O–H groups in total. The third-order valence-corrected chi connectivity index (χ3v) is 17.0. The molecule has 5 aliphatic rings. The van der Waals surface area contributed by atoms with Crippen LogP contribution in [0.1, 0.15) is 138 Å². The number of carboxylic acid groups (broad SMARTS) is 1. The minimum Gasteiger partial charge on any atom is -0.481 e. The van der Waals surface area contributed by atoms with Gasteiger partial charge in [0.25, 0.3) is 5.56 Å². The van der Waals surface area contributed by atoms with E-state index in [0.29, 0.717) is 29.8 Å². The summed E-state index contributed by atoms with van der Waals surface area (Å²) in [6.07, 6.45) is 7.81. The molecule has 8 nitrogen and oxygen atoms in total. The predicted molar refractivity (Wildman–Crippen MR) is 215 cm³/mol. The van der Waals surface area contributed by atoms with Crippen molar-refractivity contribution < 1.29 is 24.2 Å². The molecule has 4 fully saturated rings. The molecule has 5 aliphatic carbocycles. The number of carbonyl (C=O) groups excluding carboxylic acids is 2. The zero-order valence-electron chi connectivity index (χ0n) is 34.8. The van der Waals surface area contributed by atoms with Crippen molar-refractivity contribution in [3.63, 3.8) is 0 Å². The number of fused-ring (bicyclic) bond motifs is 7. The normalized spacial score (nSPS) is 35.5. The molecule has 55 heavy (non-hydrogen) atoms. The molecule has 1 heterocycles. The third-order valence-electron chi connectivity index (χ3n) is 16.8. The first-order valence-electron chi connectivity index (χ1n) is 20.8. The number of benzene rings is 1. The maximum absolute atomic E-state index is 14.3. The molecule has 0 aliphatic heterocycles. The minimum atomic E-state index is -1.17. The highest BCUT2D eigenvalue weighted by Gasteiger charge is 2.70. The molecule has 7 rings (SSSR count). The summed E-state index contributed by atoms with van der Waals surface area (Å²) in [5.41, 5.74) is 2.38. The molecule has 1 aromatic heterocycles. The predicted octanol–water partition coefficient (Wildman–Crippen LogP) is 9.53. The zero-order valence-corrected chi connectivity index (χ0v) is 35.6. The summed E-state index contributed by atoms with van der Waals surface area (Å²) in [4.78, 5) is 53.0. The number of carboxylic acids is 1. The number of rotatable bonds is 8. The molecule has 0 unspecified atom stereocenters. The van der Waals surface area contributed by atoms with Crippen LogP contribution in [-0.2, 0) is 38.1 Å². The maximum atomic E-state index is 14.3. The fraction of sp³-hybridized carbons (Fsp3) is 0.696. The Labute approximate surface area is 332 Å². The van der Waals surface area contributed by atoms with Crippen LogP contribution >= 0.6 is 11.6 Å². The number of aromatic nitrogens is 2. The minimum absolute atomic E-state index is 0.0333. The van der Waals surface area contributed by atoms with Crippen molar-refractivity contribution >= 4 is 29.3 Å². The Morgan fingerprint density at radius 2 is 1.60 bits per heavy atom. The fourth-order valence-electron chi connectivity index (χ4n) is 13.7. The van der Waals surface area contributed by atoms with E-state index < -0.39 is 22.8 Å². The molecule has 0 bridgehead atoms. The van der Waals surface area contributed by atoms with Crippen LogP contribution in [0.4, 0.5) is 0 Å². The van der Waals surface area contributed by atoms with Crippen LogP contribution in [0, 0.1) is 50.7 Å². The van der Waals surface area contributed by atoms with E-state index in [1.165, 1.54) is 5.57 Å². The van der Waals surface area contributed by atoms with Gasteiger partial charge in [-0.05, 0) is 134 Å². The summed E-state index contributed by atoms with van der Waals surface area (Å²) in [5.74, 6) is -0.0103. The van der Waals surface area contributed by atoms with Gasteiger partial charge in [-0.1, -0.05) is 72.2 Å². The first-order chi connectivity index (χ1) is 25.5. The van der Waals surface area contributed by atoms with Gasteiger partial charge in [0.05, 0.1) is 24.1 Å². The molecule has 1 aromatic carbocycles. The summed E-state index contributed by atoms with van der Waals surface area (Å²) in [6.45, 7) is 20.1. The first-order valence-corrected chi connectivity index (χ1v) is 21.1. The van der Waals surface area contributed by atoms with Gasteiger partial charge in [0.1, 0.15) is 6.10 Å². The van der Waals surface area contributed by atoms with Crippen LogP contribution < -0.4 is 5.56 Å². The van der Waals surface area contributed by atoms with Crippen LogP contribution in [0.15, 0.2) is 46.3 Å². The average molecular weight is 775 g/mol. The Kier molecular flexibility index (Phi) is 9.63. The van der Waals surface area contributed by atoms with E-state index in [9.17, 15) is 24.3 Å². The van der Waals surface area contributed by atoms with Crippen LogP contribution in [0.5, 0.6) is 0 Å². The molecule has 0 spiro atoms. The van der Waals surface area contributed by atoms with Gasteiger partial charge in [-0.3, -0.25) is 23.9 Å². The lowest BCUT2D eigenvalue weighted by Crippen LogP contribution is -2.66. The van der Waals surface area contributed by atoms with E-state index in [4.69, 9.17) is 16.3 Å². The van der Waals surface area contributed by atoms with Gasteiger partial charge in [0, 0.05) is 35.4 Å². The number of Topliss-reactive ketones (excluding diaryl/α,β-unsaturated/α-hetero) is 1. The molecular weight excluding hydrogens is 712 g/mol. The lowest BCUT2D eigenvalue weighted by molar-refractivity contribution is -0.232. The van der Waals surface area contributed by atoms with Gasteiger partial charge in [-0.15, -0.1) is 0 Å². The van der Waals surface area contributed by atoms with Crippen molar-refractivity contribution in [3.8, 4) is 0 Å². The van der Waals surface area contributed by atoms with Crippen molar-refractivity contribution in [2.45, 2.75) is 145 Å². The fourth-order valence-corrected chi connectivity index (χ4v) is 13.8. The second-order valence-corrected chi connectivity index (χ2v) is 21.0. The molecule has 2 aromatic rings. The van der Waals surface area contributed by atoms with Crippen molar-refractivity contribution in [3.05, 3.63) is 68.1 Å². The van der Waals surface area contributed by atoms with Gasteiger partial charge >= 0.3 is 11.9 Å². The van der Waals surface area contributed by atoms with Crippen molar-refractivity contribution in [2.75, 3.05) is 0 Å².